The zero-order chi connectivity index (χ0) is 20.0. The first-order valence-electron chi connectivity index (χ1n) is 7.99. The molecule has 0 saturated heterocycles. The van der Waals surface area contributed by atoms with Crippen LogP contribution in [0.2, 0.25) is 5.02 Å². The van der Waals surface area contributed by atoms with E-state index in [9.17, 15) is 13.2 Å². The maximum absolute atomic E-state index is 13.2. The van der Waals surface area contributed by atoms with Gasteiger partial charge in [-0.25, -0.2) is 8.42 Å². The Morgan fingerprint density at radius 2 is 1.74 bits per heavy atom. The molecule has 9 heteroatoms. The summed E-state index contributed by atoms with van der Waals surface area (Å²) >= 11 is 5.85. The number of esters is 1. The van der Waals surface area contributed by atoms with Crippen LogP contribution in [0.4, 0.5) is 5.69 Å². The lowest BCUT2D eigenvalue weighted by Gasteiger charge is -2.25. The molecule has 2 rings (SSSR count). The molecule has 0 spiro atoms. The predicted molar refractivity (Wildman–Crippen MR) is 102 cm³/mol. The first-order valence-corrected chi connectivity index (χ1v) is 9.81. The molecule has 146 valence electrons. The van der Waals surface area contributed by atoms with Crippen LogP contribution in [0, 0.1) is 0 Å². The zero-order valence-corrected chi connectivity index (χ0v) is 16.7. The summed E-state index contributed by atoms with van der Waals surface area (Å²) in [6, 6.07) is 10.3. The molecule has 27 heavy (non-hydrogen) atoms. The number of anilines is 1. The van der Waals surface area contributed by atoms with E-state index in [0.717, 1.165) is 4.31 Å². The van der Waals surface area contributed by atoms with Gasteiger partial charge in [-0.05, 0) is 43.3 Å². The number of rotatable bonds is 8. The SMILES string of the molecule is CCOC(=O)CN(c1ccc(OC)cc1OC)S(=O)(=O)c1ccc(Cl)cc1. The average Bonchev–Trinajstić information content (AvgIpc) is 2.66. The first-order chi connectivity index (χ1) is 12.8. The average molecular weight is 414 g/mol. The molecule has 0 aliphatic rings. The standard InChI is InChI=1S/C18H20ClNO6S/c1-4-26-18(21)12-20(16-10-7-14(24-2)11-17(16)25-3)27(22,23)15-8-5-13(19)6-9-15/h5-11H,4,12H2,1-3H3. The number of sulfonamides is 1. The number of halogens is 1. The Hall–Kier alpha value is -2.45. The van der Waals surface area contributed by atoms with Gasteiger partial charge in [-0.1, -0.05) is 11.6 Å². The van der Waals surface area contributed by atoms with E-state index in [1.54, 1.807) is 13.0 Å². The van der Waals surface area contributed by atoms with Gasteiger partial charge < -0.3 is 14.2 Å². The number of nitrogens with zero attached hydrogens (tertiary/aromatic N) is 1. The van der Waals surface area contributed by atoms with Gasteiger partial charge in [0.2, 0.25) is 0 Å². The molecule has 0 N–H and O–H groups in total. The highest BCUT2D eigenvalue weighted by molar-refractivity contribution is 7.92. The summed E-state index contributed by atoms with van der Waals surface area (Å²) in [4.78, 5) is 12.0. The highest BCUT2D eigenvalue weighted by Crippen LogP contribution is 2.35. The molecule has 2 aromatic rings. The smallest absolute Gasteiger partial charge is 0.326 e. The Balaban J connectivity index is 2.58. The number of ether oxygens (including phenoxy) is 3. The molecule has 0 bridgehead atoms. The molecule has 0 fully saturated rings. The Morgan fingerprint density at radius 3 is 2.30 bits per heavy atom. The lowest BCUT2D eigenvalue weighted by Crippen LogP contribution is -2.36. The largest absolute Gasteiger partial charge is 0.497 e. The number of hydrogen-bond acceptors (Lipinski definition) is 6. The third-order valence-electron chi connectivity index (χ3n) is 3.64. The van der Waals surface area contributed by atoms with Gasteiger partial charge in [-0.2, -0.15) is 0 Å². The van der Waals surface area contributed by atoms with Crippen LogP contribution in [-0.4, -0.2) is 41.8 Å². The fraction of sp³-hybridized carbons (Fsp3) is 0.278. The molecule has 0 heterocycles. The van der Waals surface area contributed by atoms with Crippen LogP contribution in [-0.2, 0) is 19.6 Å². The maximum Gasteiger partial charge on any atom is 0.326 e. The molecular formula is C18H20ClNO6S. The summed E-state index contributed by atoms with van der Waals surface area (Å²) in [5.74, 6) is 0.0275. The molecule has 0 aliphatic heterocycles. The molecule has 2 aromatic carbocycles. The summed E-state index contributed by atoms with van der Waals surface area (Å²) in [6.45, 7) is 1.26. The molecule has 7 nitrogen and oxygen atoms in total. The van der Waals surface area contributed by atoms with Crippen molar-refractivity contribution in [2.75, 3.05) is 31.7 Å². The van der Waals surface area contributed by atoms with Gasteiger partial charge in [-0.15, -0.1) is 0 Å². The Bertz CT molecular complexity index is 899. The van der Waals surface area contributed by atoms with Gasteiger partial charge in [0.25, 0.3) is 10.0 Å². The number of benzene rings is 2. The van der Waals surface area contributed by atoms with Crippen LogP contribution in [0.3, 0.4) is 0 Å². The number of methoxy groups -OCH3 is 2. The van der Waals surface area contributed by atoms with Crippen molar-refractivity contribution in [2.24, 2.45) is 0 Å². The molecule has 0 radical (unpaired) electrons. The van der Waals surface area contributed by atoms with Crippen molar-refractivity contribution >= 4 is 33.3 Å². The molecule has 0 atom stereocenters. The van der Waals surface area contributed by atoms with Crippen LogP contribution in [0.15, 0.2) is 47.4 Å². The van der Waals surface area contributed by atoms with Crippen molar-refractivity contribution in [3.05, 3.63) is 47.5 Å². The third kappa shape index (κ3) is 4.84. The summed E-state index contributed by atoms with van der Waals surface area (Å²) in [5, 5.41) is 0.396. The van der Waals surface area contributed by atoms with E-state index in [4.69, 9.17) is 25.8 Å². The van der Waals surface area contributed by atoms with Gasteiger partial charge in [0.05, 0.1) is 31.4 Å². The number of hydrogen-bond donors (Lipinski definition) is 0. The number of carbonyl (C=O) groups is 1. The van der Waals surface area contributed by atoms with Crippen molar-refractivity contribution in [2.45, 2.75) is 11.8 Å². The van der Waals surface area contributed by atoms with Gasteiger partial charge in [0, 0.05) is 11.1 Å². The summed E-state index contributed by atoms with van der Waals surface area (Å²) < 4.78 is 42.7. The van der Waals surface area contributed by atoms with Crippen LogP contribution >= 0.6 is 11.6 Å². The highest BCUT2D eigenvalue weighted by Gasteiger charge is 2.30. The lowest BCUT2D eigenvalue weighted by molar-refractivity contribution is -0.141. The quantitative estimate of drug-likeness (QED) is 0.618. The minimum atomic E-state index is -4.08. The summed E-state index contributed by atoms with van der Waals surface area (Å²) in [7, 11) is -1.20. The van der Waals surface area contributed by atoms with E-state index in [1.807, 2.05) is 0 Å². The van der Waals surface area contributed by atoms with E-state index in [-0.39, 0.29) is 22.9 Å². The predicted octanol–water partition coefficient (Wildman–Crippen LogP) is 3.12. The van der Waals surface area contributed by atoms with Crippen LogP contribution < -0.4 is 13.8 Å². The molecule has 0 aromatic heterocycles. The molecule has 0 aliphatic carbocycles. The molecule has 0 amide bonds. The van der Waals surface area contributed by atoms with E-state index in [0.29, 0.717) is 10.8 Å². The number of carbonyl (C=O) groups excluding carboxylic acids is 1. The van der Waals surface area contributed by atoms with Crippen molar-refractivity contribution in [3.8, 4) is 11.5 Å². The van der Waals surface area contributed by atoms with E-state index in [2.05, 4.69) is 0 Å². The Labute approximate surface area is 163 Å². The second kappa shape index (κ2) is 8.96. The second-order valence-corrected chi connectivity index (χ2v) is 7.61. The van der Waals surface area contributed by atoms with Crippen LogP contribution in [0.5, 0.6) is 11.5 Å². The summed E-state index contributed by atoms with van der Waals surface area (Å²) in [5.41, 5.74) is 0.182. The summed E-state index contributed by atoms with van der Waals surface area (Å²) in [6.07, 6.45) is 0. The van der Waals surface area contributed by atoms with E-state index in [1.165, 1.54) is 50.6 Å². The fourth-order valence-electron chi connectivity index (χ4n) is 2.35. The minimum Gasteiger partial charge on any atom is -0.497 e. The maximum atomic E-state index is 13.2. The van der Waals surface area contributed by atoms with E-state index < -0.39 is 22.5 Å². The van der Waals surface area contributed by atoms with Crippen molar-refractivity contribution < 1.29 is 27.4 Å². The van der Waals surface area contributed by atoms with Crippen LogP contribution in [0.25, 0.3) is 0 Å². The van der Waals surface area contributed by atoms with Crippen molar-refractivity contribution in [1.29, 1.82) is 0 Å². The Morgan fingerprint density at radius 1 is 1.07 bits per heavy atom. The van der Waals surface area contributed by atoms with Crippen molar-refractivity contribution in [3.63, 3.8) is 0 Å². The minimum absolute atomic E-state index is 0.0194. The molecule has 0 saturated carbocycles. The first kappa shape index (κ1) is 20.9. The lowest BCUT2D eigenvalue weighted by atomic mass is 10.2. The van der Waals surface area contributed by atoms with Gasteiger partial charge >= 0.3 is 5.97 Å². The topological polar surface area (TPSA) is 82.1 Å². The molecule has 0 unspecified atom stereocenters. The molecular weight excluding hydrogens is 394 g/mol. The van der Waals surface area contributed by atoms with Crippen molar-refractivity contribution in [1.82, 2.24) is 0 Å². The third-order valence-corrected chi connectivity index (χ3v) is 5.66. The highest BCUT2D eigenvalue weighted by atomic mass is 35.5. The monoisotopic (exact) mass is 413 g/mol. The van der Waals surface area contributed by atoms with Crippen LogP contribution in [0.1, 0.15) is 6.92 Å². The fourth-order valence-corrected chi connectivity index (χ4v) is 3.89. The van der Waals surface area contributed by atoms with Gasteiger partial charge in [-0.3, -0.25) is 9.10 Å². The zero-order valence-electron chi connectivity index (χ0n) is 15.1. The van der Waals surface area contributed by atoms with Gasteiger partial charge in [0.1, 0.15) is 18.0 Å². The normalized spacial score (nSPS) is 11.0. The van der Waals surface area contributed by atoms with E-state index >= 15 is 0 Å². The second-order valence-electron chi connectivity index (χ2n) is 5.31. The Kier molecular flexibility index (Phi) is 6.92. The van der Waals surface area contributed by atoms with Gasteiger partial charge in [0.15, 0.2) is 0 Å².